The lowest BCUT2D eigenvalue weighted by Crippen LogP contribution is -2.42. The molecule has 0 bridgehead atoms. The molecule has 3 aromatic rings. The van der Waals surface area contributed by atoms with Crippen molar-refractivity contribution in [3.8, 4) is 5.75 Å². The van der Waals surface area contributed by atoms with E-state index in [1.807, 2.05) is 0 Å². The largest absolute Gasteiger partial charge is 0.493 e. The maximum atomic E-state index is 14.3. The molecule has 18 heteroatoms. The Kier molecular flexibility index (Phi) is 14.5. The van der Waals surface area contributed by atoms with Gasteiger partial charge in [-0.25, -0.2) is 18.0 Å². The normalized spacial score (nSPS) is 14.2. The van der Waals surface area contributed by atoms with E-state index in [9.17, 15) is 36.0 Å². The highest BCUT2D eigenvalue weighted by Crippen LogP contribution is 2.38. The summed E-state index contributed by atoms with van der Waals surface area (Å²) in [5.41, 5.74) is -2.92. The van der Waals surface area contributed by atoms with Crippen LogP contribution < -0.4 is 9.04 Å². The highest BCUT2D eigenvalue weighted by molar-refractivity contribution is 7.93. The number of imide groups is 1. The van der Waals surface area contributed by atoms with Crippen LogP contribution in [-0.2, 0) is 41.8 Å². The van der Waals surface area contributed by atoms with Gasteiger partial charge in [0.2, 0.25) is 0 Å². The van der Waals surface area contributed by atoms with Gasteiger partial charge < -0.3 is 23.8 Å². The topological polar surface area (TPSA) is 144 Å². The number of hydrogen-bond donors (Lipinski definition) is 0. The lowest BCUT2D eigenvalue weighted by Gasteiger charge is -2.31. The van der Waals surface area contributed by atoms with E-state index in [0.717, 1.165) is 12.1 Å². The van der Waals surface area contributed by atoms with Gasteiger partial charge in [0.25, 0.3) is 10.0 Å². The minimum Gasteiger partial charge on any atom is -0.493 e. The second kappa shape index (κ2) is 18.5. The first-order valence-corrected chi connectivity index (χ1v) is 19.7. The van der Waals surface area contributed by atoms with Gasteiger partial charge in [-0.15, -0.1) is 5.10 Å². The molecule has 0 aromatic heterocycles. The van der Waals surface area contributed by atoms with E-state index in [1.54, 1.807) is 76.8 Å². The van der Waals surface area contributed by atoms with Gasteiger partial charge in [0.15, 0.2) is 0 Å². The molecule has 0 N–H and O–H groups in total. The number of likely N-dealkylation sites (tertiary alicyclic amines) is 1. The Morgan fingerprint density at radius 3 is 2.02 bits per heavy atom. The Morgan fingerprint density at radius 1 is 0.877 bits per heavy atom. The van der Waals surface area contributed by atoms with Crippen molar-refractivity contribution in [1.29, 1.82) is 0 Å². The molecule has 1 heterocycles. The van der Waals surface area contributed by atoms with E-state index in [2.05, 4.69) is 5.10 Å². The molecule has 1 saturated heterocycles. The van der Waals surface area contributed by atoms with Crippen LogP contribution in [0.15, 0.2) is 82.8 Å². The van der Waals surface area contributed by atoms with Crippen molar-refractivity contribution in [1.82, 2.24) is 9.91 Å². The first kappa shape index (κ1) is 44.7. The summed E-state index contributed by atoms with van der Waals surface area (Å²) in [6.45, 7) is 9.38. The number of halogens is 4. The fourth-order valence-corrected chi connectivity index (χ4v) is 7.20. The quantitative estimate of drug-likeness (QED) is 0.0573. The summed E-state index contributed by atoms with van der Waals surface area (Å²) >= 11 is 6.23. The van der Waals surface area contributed by atoms with Gasteiger partial charge in [-0.1, -0.05) is 59.1 Å². The molecular weight excluding hydrogens is 793 g/mol. The summed E-state index contributed by atoms with van der Waals surface area (Å²) in [5.74, 6) is -1.47. The van der Waals surface area contributed by atoms with Gasteiger partial charge in [0, 0.05) is 19.2 Å². The summed E-state index contributed by atoms with van der Waals surface area (Å²) in [7, 11) is -4.73. The van der Waals surface area contributed by atoms with Crippen molar-refractivity contribution in [3.63, 3.8) is 0 Å². The number of hydrogen-bond acceptors (Lipinski definition) is 10. The van der Waals surface area contributed by atoms with Crippen molar-refractivity contribution in [3.05, 3.63) is 88.9 Å². The summed E-state index contributed by atoms with van der Waals surface area (Å²) in [6, 6.07) is 16.4. The van der Waals surface area contributed by atoms with Crippen molar-refractivity contribution in [2.45, 2.75) is 83.3 Å². The lowest BCUT2D eigenvalue weighted by atomic mass is 9.98. The zero-order valence-corrected chi connectivity index (χ0v) is 34.0. The number of carbonyl (C=O) groups is 3. The number of ether oxygens (including phenoxy) is 4. The minimum atomic E-state index is -4.92. The molecule has 13 nitrogen and oxygen atoms in total. The van der Waals surface area contributed by atoms with E-state index in [4.69, 9.17) is 30.5 Å². The number of hydrazone groups is 1. The Hall–Kier alpha value is -5.03. The fraction of sp³-hybridized carbons (Fsp3) is 0.436. The number of piperidine rings is 1. The fourth-order valence-electron chi connectivity index (χ4n) is 5.32. The van der Waals surface area contributed by atoms with Crippen LogP contribution in [0.3, 0.4) is 0 Å². The molecule has 2 amide bonds. The molecule has 4 rings (SSSR count). The number of alkyl halides is 3. The predicted octanol–water partition coefficient (Wildman–Crippen LogP) is 8.50. The number of amides is 2. The minimum absolute atomic E-state index is 0.0376. The van der Waals surface area contributed by atoms with Crippen molar-refractivity contribution in [2.24, 2.45) is 11.0 Å². The molecule has 57 heavy (non-hydrogen) atoms. The summed E-state index contributed by atoms with van der Waals surface area (Å²) in [5, 5.41) is 4.33. The van der Waals surface area contributed by atoms with Crippen LogP contribution in [0.4, 0.5) is 28.4 Å². The number of benzene rings is 3. The van der Waals surface area contributed by atoms with Crippen LogP contribution in [-0.4, -0.2) is 80.3 Å². The molecular formula is C39H46ClF3N4O9S. The standard InChI is InChI=1S/C39H46ClF3N4O9S/c1-37(2,3)55-35(49)47(36(50)56-38(4,5)6)44-26-45-18-16-28(17-19-45)24-53-31-21-29(39(41,42)43)20-30(22-31)46(57(51,52)33-15-11-10-14-32(33)40)23-34(48)54-25-27-12-8-7-9-13-27/h7-15,20-22,26,28H,16-19,23-25H2,1-6H3/b44-26+. The van der Waals surface area contributed by atoms with Crippen molar-refractivity contribution >= 4 is 51.8 Å². The SMILES string of the molecule is CC(C)(C)OC(=O)N(/N=C/N1CCC(COc2cc(N(CC(=O)OCc3ccccc3)S(=O)(=O)c3ccccc3Cl)cc(C(F)(F)F)c2)CC1)C(=O)OC(C)(C)C. The molecule has 0 atom stereocenters. The molecule has 0 radical (unpaired) electrons. The number of carbonyl (C=O) groups excluding carboxylic acids is 3. The average molecular weight is 839 g/mol. The van der Waals surface area contributed by atoms with Gasteiger partial charge in [-0.2, -0.15) is 13.2 Å². The summed E-state index contributed by atoms with van der Waals surface area (Å²) in [6.07, 6.45) is -4.70. The second-order valence-corrected chi connectivity index (χ2v) is 17.3. The monoisotopic (exact) mass is 838 g/mol. The number of nitrogens with zero attached hydrogens (tertiary/aromatic N) is 4. The molecule has 0 spiro atoms. The summed E-state index contributed by atoms with van der Waals surface area (Å²) < 4.78 is 93.2. The highest BCUT2D eigenvalue weighted by atomic mass is 35.5. The summed E-state index contributed by atoms with van der Waals surface area (Å²) in [4.78, 5) is 39.9. The van der Waals surface area contributed by atoms with Crippen molar-refractivity contribution in [2.75, 3.05) is 30.5 Å². The smallest absolute Gasteiger partial charge is 0.441 e. The Balaban J connectivity index is 1.52. The molecule has 3 aromatic carbocycles. The third-order valence-corrected chi connectivity index (χ3v) is 10.3. The van der Waals surface area contributed by atoms with Gasteiger partial charge >= 0.3 is 24.3 Å². The molecule has 1 fully saturated rings. The van der Waals surface area contributed by atoms with Crippen LogP contribution >= 0.6 is 11.6 Å². The first-order valence-electron chi connectivity index (χ1n) is 17.9. The van der Waals surface area contributed by atoms with Crippen LogP contribution in [0.2, 0.25) is 5.02 Å². The molecule has 0 aliphatic carbocycles. The van der Waals surface area contributed by atoms with E-state index in [0.29, 0.717) is 46.9 Å². The van der Waals surface area contributed by atoms with Crippen LogP contribution in [0.25, 0.3) is 0 Å². The molecule has 0 unspecified atom stereocenters. The maximum Gasteiger partial charge on any atom is 0.441 e. The van der Waals surface area contributed by atoms with Crippen molar-refractivity contribution < 1.29 is 54.9 Å². The van der Waals surface area contributed by atoms with Crippen LogP contribution in [0, 0.1) is 5.92 Å². The second-order valence-electron chi connectivity index (χ2n) is 15.1. The number of rotatable bonds is 12. The van der Waals surface area contributed by atoms with E-state index in [1.165, 1.54) is 30.6 Å². The zero-order chi connectivity index (χ0) is 42.2. The third-order valence-electron chi connectivity index (χ3n) is 8.02. The molecule has 1 aliphatic rings. The number of anilines is 1. The van der Waals surface area contributed by atoms with Gasteiger partial charge in [0.05, 0.1) is 22.9 Å². The number of sulfonamides is 1. The highest BCUT2D eigenvalue weighted by Gasteiger charge is 2.36. The maximum absolute atomic E-state index is 14.3. The Bertz CT molecular complexity index is 1990. The van der Waals surface area contributed by atoms with E-state index < -0.39 is 68.2 Å². The first-order chi connectivity index (χ1) is 26.5. The van der Waals surface area contributed by atoms with E-state index >= 15 is 0 Å². The zero-order valence-electron chi connectivity index (χ0n) is 32.4. The lowest BCUT2D eigenvalue weighted by molar-refractivity contribution is -0.143. The molecule has 1 aliphatic heterocycles. The van der Waals surface area contributed by atoms with Gasteiger partial charge in [-0.05, 0) is 90.1 Å². The van der Waals surface area contributed by atoms with Crippen LogP contribution in [0.1, 0.15) is 65.5 Å². The molecule has 0 saturated carbocycles. The number of esters is 1. The molecule has 310 valence electrons. The predicted molar refractivity (Wildman–Crippen MR) is 206 cm³/mol. The third kappa shape index (κ3) is 13.6. The van der Waals surface area contributed by atoms with Crippen LogP contribution in [0.5, 0.6) is 5.75 Å². The van der Waals surface area contributed by atoms with Gasteiger partial charge in [-0.3, -0.25) is 9.10 Å². The van der Waals surface area contributed by atoms with E-state index in [-0.39, 0.29) is 29.9 Å². The van der Waals surface area contributed by atoms with Gasteiger partial charge in [0.1, 0.15) is 41.3 Å². The average Bonchev–Trinajstić information content (AvgIpc) is 3.11. The Labute approximate surface area is 335 Å². The Morgan fingerprint density at radius 2 is 1.46 bits per heavy atom.